The topological polar surface area (TPSA) is 122 Å². The van der Waals surface area contributed by atoms with Crippen molar-refractivity contribution in [1.82, 2.24) is 0 Å². The number of para-hydroxylation sites is 1. The first kappa shape index (κ1) is 14.0. The van der Waals surface area contributed by atoms with Gasteiger partial charge in [0, 0.05) is 5.69 Å². The van der Waals surface area contributed by atoms with Gasteiger partial charge in [0.15, 0.2) is 0 Å². The number of hydrogen-bond donors (Lipinski definition) is 2. The van der Waals surface area contributed by atoms with E-state index in [1.54, 1.807) is 0 Å². The van der Waals surface area contributed by atoms with Gasteiger partial charge in [0.25, 0.3) is 5.91 Å². The summed E-state index contributed by atoms with van der Waals surface area (Å²) >= 11 is 0. The van der Waals surface area contributed by atoms with Gasteiger partial charge in [-0.2, -0.15) is 5.26 Å². The summed E-state index contributed by atoms with van der Waals surface area (Å²) in [6, 6.07) is 12.2. The standard InChI is InChI=1S/C14H10N4O3/c15-8-9-4-6-10(7-5-9)17-14(19)11-2-1-3-12(16)13(11)18(20)21/h1-7H,16H2,(H,17,19). The van der Waals surface area contributed by atoms with Crippen LogP contribution in [-0.2, 0) is 0 Å². The first-order valence-corrected chi connectivity index (χ1v) is 5.87. The molecule has 0 radical (unpaired) electrons. The molecule has 2 aromatic rings. The van der Waals surface area contributed by atoms with Crippen molar-refractivity contribution < 1.29 is 9.72 Å². The number of nitriles is 1. The molecule has 1 amide bonds. The van der Waals surface area contributed by atoms with Gasteiger partial charge in [0.2, 0.25) is 0 Å². The lowest BCUT2D eigenvalue weighted by Gasteiger charge is -2.07. The fourth-order valence-corrected chi connectivity index (χ4v) is 1.77. The van der Waals surface area contributed by atoms with Crippen LogP contribution in [0.25, 0.3) is 0 Å². The van der Waals surface area contributed by atoms with E-state index in [1.165, 1.54) is 42.5 Å². The number of anilines is 2. The van der Waals surface area contributed by atoms with E-state index in [2.05, 4.69) is 5.32 Å². The monoisotopic (exact) mass is 282 g/mol. The maximum absolute atomic E-state index is 12.1. The molecule has 0 atom stereocenters. The summed E-state index contributed by atoms with van der Waals surface area (Å²) in [5.41, 5.74) is 5.78. The molecule has 0 aromatic heterocycles. The Bertz CT molecular complexity index is 748. The van der Waals surface area contributed by atoms with Gasteiger partial charge in [-0.05, 0) is 36.4 Å². The second-order valence-corrected chi connectivity index (χ2v) is 4.14. The van der Waals surface area contributed by atoms with Crippen molar-refractivity contribution in [3.63, 3.8) is 0 Å². The molecule has 0 bridgehead atoms. The molecule has 2 aromatic carbocycles. The van der Waals surface area contributed by atoms with Crippen LogP contribution in [0.4, 0.5) is 17.1 Å². The van der Waals surface area contributed by atoms with Crippen molar-refractivity contribution >= 4 is 23.0 Å². The molecule has 0 aliphatic heterocycles. The Morgan fingerprint density at radius 2 is 1.90 bits per heavy atom. The summed E-state index contributed by atoms with van der Waals surface area (Å²) in [4.78, 5) is 22.4. The van der Waals surface area contributed by atoms with Crippen molar-refractivity contribution in [3.8, 4) is 6.07 Å². The predicted molar refractivity (Wildman–Crippen MR) is 76.6 cm³/mol. The second kappa shape index (κ2) is 5.71. The molecule has 0 aliphatic carbocycles. The molecular weight excluding hydrogens is 272 g/mol. The van der Waals surface area contributed by atoms with Crippen LogP contribution in [0.15, 0.2) is 42.5 Å². The molecule has 0 heterocycles. The van der Waals surface area contributed by atoms with Gasteiger partial charge in [-0.1, -0.05) is 6.07 Å². The van der Waals surface area contributed by atoms with Gasteiger partial charge in [0.1, 0.15) is 11.3 Å². The number of nitrogens with two attached hydrogens (primary N) is 1. The number of nitro groups is 1. The molecule has 0 aliphatic rings. The predicted octanol–water partition coefficient (Wildman–Crippen LogP) is 2.30. The van der Waals surface area contributed by atoms with Gasteiger partial charge in [-0.15, -0.1) is 0 Å². The van der Waals surface area contributed by atoms with Crippen molar-refractivity contribution in [3.05, 3.63) is 63.7 Å². The molecule has 104 valence electrons. The minimum Gasteiger partial charge on any atom is -0.393 e. The number of nitrogen functional groups attached to an aromatic ring is 1. The molecule has 7 heteroatoms. The summed E-state index contributed by atoms with van der Waals surface area (Å²) in [5, 5.41) is 22.2. The second-order valence-electron chi connectivity index (χ2n) is 4.14. The van der Waals surface area contributed by atoms with Crippen LogP contribution in [0, 0.1) is 21.4 Å². The largest absolute Gasteiger partial charge is 0.393 e. The molecule has 0 spiro atoms. The highest BCUT2D eigenvalue weighted by atomic mass is 16.6. The van der Waals surface area contributed by atoms with E-state index in [-0.39, 0.29) is 11.3 Å². The third-order valence-corrected chi connectivity index (χ3v) is 2.77. The highest BCUT2D eigenvalue weighted by molar-refractivity contribution is 6.08. The number of carbonyl (C=O) groups is 1. The van der Waals surface area contributed by atoms with Gasteiger partial charge in [-0.25, -0.2) is 0 Å². The van der Waals surface area contributed by atoms with Crippen molar-refractivity contribution in [2.45, 2.75) is 0 Å². The first-order chi connectivity index (χ1) is 10.0. The van der Waals surface area contributed by atoms with E-state index in [9.17, 15) is 14.9 Å². The zero-order valence-electron chi connectivity index (χ0n) is 10.7. The molecule has 0 saturated carbocycles. The van der Waals surface area contributed by atoms with Crippen LogP contribution >= 0.6 is 0 Å². The summed E-state index contributed by atoms with van der Waals surface area (Å²) in [6.45, 7) is 0. The van der Waals surface area contributed by atoms with Crippen LogP contribution in [0.2, 0.25) is 0 Å². The fourth-order valence-electron chi connectivity index (χ4n) is 1.77. The number of nitrogens with one attached hydrogen (secondary N) is 1. The molecule has 21 heavy (non-hydrogen) atoms. The zero-order valence-corrected chi connectivity index (χ0v) is 10.7. The third kappa shape index (κ3) is 2.96. The number of hydrogen-bond acceptors (Lipinski definition) is 5. The van der Waals surface area contributed by atoms with Crippen molar-refractivity contribution in [2.24, 2.45) is 0 Å². The van der Waals surface area contributed by atoms with E-state index in [0.717, 1.165) is 0 Å². The Balaban J connectivity index is 2.30. The maximum Gasteiger partial charge on any atom is 0.304 e. The lowest BCUT2D eigenvalue weighted by atomic mass is 10.1. The molecule has 7 nitrogen and oxygen atoms in total. The Kier molecular flexibility index (Phi) is 3.81. The lowest BCUT2D eigenvalue weighted by Crippen LogP contribution is -2.14. The van der Waals surface area contributed by atoms with Crippen molar-refractivity contribution in [1.29, 1.82) is 5.26 Å². The molecule has 0 fully saturated rings. The summed E-state index contributed by atoms with van der Waals surface area (Å²) in [7, 11) is 0. The van der Waals surface area contributed by atoms with Gasteiger partial charge in [-0.3, -0.25) is 14.9 Å². The molecule has 3 N–H and O–H groups in total. The van der Waals surface area contributed by atoms with Gasteiger partial charge in [0.05, 0.1) is 16.6 Å². The summed E-state index contributed by atoms with van der Waals surface area (Å²) in [5.74, 6) is -0.640. The maximum atomic E-state index is 12.1. The number of nitro benzene ring substituents is 1. The fraction of sp³-hybridized carbons (Fsp3) is 0. The van der Waals surface area contributed by atoms with E-state index in [0.29, 0.717) is 11.3 Å². The van der Waals surface area contributed by atoms with Crippen LogP contribution in [0.3, 0.4) is 0 Å². The minimum absolute atomic E-state index is 0.0764. The summed E-state index contributed by atoms with van der Waals surface area (Å²) < 4.78 is 0. The Labute approximate surface area is 119 Å². The minimum atomic E-state index is -0.691. The van der Waals surface area contributed by atoms with E-state index >= 15 is 0 Å². The smallest absolute Gasteiger partial charge is 0.304 e. The Morgan fingerprint density at radius 3 is 2.48 bits per heavy atom. The van der Waals surface area contributed by atoms with Crippen molar-refractivity contribution in [2.75, 3.05) is 11.1 Å². The average Bonchev–Trinajstić information content (AvgIpc) is 2.47. The van der Waals surface area contributed by atoms with E-state index in [1.807, 2.05) is 6.07 Å². The molecule has 0 saturated heterocycles. The zero-order chi connectivity index (χ0) is 15.4. The van der Waals surface area contributed by atoms with Gasteiger partial charge < -0.3 is 11.1 Å². The quantitative estimate of drug-likeness (QED) is 0.508. The molecular formula is C14H10N4O3. The van der Waals surface area contributed by atoms with Crippen LogP contribution in [0.5, 0.6) is 0 Å². The Morgan fingerprint density at radius 1 is 1.24 bits per heavy atom. The normalized spacial score (nSPS) is 9.67. The number of benzene rings is 2. The van der Waals surface area contributed by atoms with Gasteiger partial charge >= 0.3 is 5.69 Å². The Hall–Kier alpha value is -3.40. The molecule has 2 rings (SSSR count). The lowest BCUT2D eigenvalue weighted by molar-refractivity contribution is -0.384. The molecule has 0 unspecified atom stereocenters. The first-order valence-electron chi connectivity index (χ1n) is 5.87. The van der Waals surface area contributed by atoms with Crippen LogP contribution < -0.4 is 11.1 Å². The SMILES string of the molecule is N#Cc1ccc(NC(=O)c2cccc(N)c2[N+](=O)[O-])cc1. The number of nitrogens with zero attached hydrogens (tertiary/aromatic N) is 2. The number of amides is 1. The average molecular weight is 282 g/mol. The number of carbonyl (C=O) groups excluding carboxylic acids is 1. The highest BCUT2D eigenvalue weighted by Crippen LogP contribution is 2.26. The van der Waals surface area contributed by atoms with E-state index < -0.39 is 16.5 Å². The number of rotatable bonds is 3. The third-order valence-electron chi connectivity index (χ3n) is 2.77. The highest BCUT2D eigenvalue weighted by Gasteiger charge is 2.23. The van der Waals surface area contributed by atoms with E-state index in [4.69, 9.17) is 11.0 Å². The van der Waals surface area contributed by atoms with Crippen LogP contribution in [-0.4, -0.2) is 10.8 Å². The summed E-state index contributed by atoms with van der Waals surface area (Å²) in [6.07, 6.45) is 0. The van der Waals surface area contributed by atoms with Crippen LogP contribution in [0.1, 0.15) is 15.9 Å².